The maximum Gasteiger partial charge on any atom is 0.171 e. The van der Waals surface area contributed by atoms with Gasteiger partial charge >= 0.3 is 0 Å². The van der Waals surface area contributed by atoms with Crippen LogP contribution < -0.4 is 4.90 Å². The fraction of sp³-hybridized carbons (Fsp3) is 0.636. The number of hydrogen-bond acceptors (Lipinski definition) is 4. The molecule has 0 spiro atoms. The predicted molar refractivity (Wildman–Crippen MR) is 63.9 cm³/mol. The number of anilines is 1. The van der Waals surface area contributed by atoms with E-state index in [2.05, 4.69) is 14.9 Å². The van der Waals surface area contributed by atoms with E-state index in [0.717, 1.165) is 38.4 Å². The van der Waals surface area contributed by atoms with Crippen LogP contribution in [0.2, 0.25) is 5.15 Å². The van der Waals surface area contributed by atoms with E-state index in [1.807, 2.05) is 6.92 Å². The average molecular weight is 242 g/mol. The van der Waals surface area contributed by atoms with Crippen molar-refractivity contribution in [3.05, 3.63) is 17.5 Å². The third-order valence-corrected chi connectivity index (χ3v) is 3.07. The molecule has 1 aromatic rings. The first-order valence-electron chi connectivity index (χ1n) is 5.63. The molecule has 0 aliphatic carbocycles. The Labute approximate surface area is 101 Å². The molecule has 0 aromatic carbocycles. The van der Waals surface area contributed by atoms with Crippen LogP contribution in [-0.4, -0.2) is 35.8 Å². The Morgan fingerprint density at radius 3 is 3.06 bits per heavy atom. The molecule has 0 bridgehead atoms. The second kappa shape index (κ2) is 5.46. The summed E-state index contributed by atoms with van der Waals surface area (Å²) in [6, 6.07) is 0.383. The van der Waals surface area contributed by atoms with Gasteiger partial charge in [-0.05, 0) is 19.8 Å². The molecule has 5 heteroatoms. The summed E-state index contributed by atoms with van der Waals surface area (Å²) in [5.41, 5.74) is 0. The minimum atomic E-state index is 0.383. The number of ether oxygens (including phenoxy) is 1. The number of rotatable bonds is 4. The van der Waals surface area contributed by atoms with E-state index in [1.54, 1.807) is 12.4 Å². The van der Waals surface area contributed by atoms with Crippen molar-refractivity contribution >= 4 is 17.4 Å². The first kappa shape index (κ1) is 11.6. The largest absolute Gasteiger partial charge is 0.380 e. The van der Waals surface area contributed by atoms with Gasteiger partial charge in [0.25, 0.3) is 0 Å². The molecule has 16 heavy (non-hydrogen) atoms. The van der Waals surface area contributed by atoms with Crippen LogP contribution in [0.4, 0.5) is 5.82 Å². The zero-order chi connectivity index (χ0) is 11.4. The maximum atomic E-state index is 6.05. The molecular weight excluding hydrogens is 226 g/mol. The van der Waals surface area contributed by atoms with E-state index < -0.39 is 0 Å². The predicted octanol–water partition coefficient (Wildman–Crippen LogP) is 2.14. The molecule has 1 saturated heterocycles. The van der Waals surface area contributed by atoms with Crippen molar-refractivity contribution in [2.45, 2.75) is 25.8 Å². The van der Waals surface area contributed by atoms with Crippen LogP contribution in [0.15, 0.2) is 12.4 Å². The molecule has 1 atom stereocenters. The van der Waals surface area contributed by atoms with Crippen molar-refractivity contribution in [3.63, 3.8) is 0 Å². The highest BCUT2D eigenvalue weighted by molar-refractivity contribution is 6.31. The standard InChI is InChI=1S/C11H16ClN3O/c1-2-16-8-9-4-3-7-15(9)11-10(12)13-5-6-14-11/h5-6,9H,2-4,7-8H2,1H3/t9-/m0/s1. The van der Waals surface area contributed by atoms with Crippen molar-refractivity contribution in [3.8, 4) is 0 Å². The third-order valence-electron chi connectivity index (χ3n) is 2.80. The van der Waals surface area contributed by atoms with E-state index in [0.29, 0.717) is 11.2 Å². The van der Waals surface area contributed by atoms with Crippen LogP contribution in [0, 0.1) is 0 Å². The van der Waals surface area contributed by atoms with Crippen LogP contribution in [-0.2, 0) is 4.74 Å². The molecule has 0 saturated carbocycles. The number of halogens is 1. The summed E-state index contributed by atoms with van der Waals surface area (Å²) >= 11 is 6.05. The van der Waals surface area contributed by atoms with Crippen molar-refractivity contribution in [1.29, 1.82) is 0 Å². The van der Waals surface area contributed by atoms with Gasteiger partial charge in [-0.2, -0.15) is 0 Å². The average Bonchev–Trinajstić information content (AvgIpc) is 2.75. The zero-order valence-electron chi connectivity index (χ0n) is 9.40. The monoisotopic (exact) mass is 241 g/mol. The summed E-state index contributed by atoms with van der Waals surface area (Å²) in [5.74, 6) is 0.784. The summed E-state index contributed by atoms with van der Waals surface area (Å²) in [6.07, 6.45) is 5.58. The molecular formula is C11H16ClN3O. The molecule has 0 radical (unpaired) electrons. The van der Waals surface area contributed by atoms with Crippen LogP contribution in [0.1, 0.15) is 19.8 Å². The smallest absolute Gasteiger partial charge is 0.171 e. The lowest BCUT2D eigenvalue weighted by molar-refractivity contribution is 0.133. The molecule has 88 valence electrons. The molecule has 4 nitrogen and oxygen atoms in total. The van der Waals surface area contributed by atoms with Gasteiger partial charge in [-0.25, -0.2) is 9.97 Å². The Kier molecular flexibility index (Phi) is 3.96. The maximum absolute atomic E-state index is 6.05. The second-order valence-electron chi connectivity index (χ2n) is 3.82. The van der Waals surface area contributed by atoms with Gasteiger partial charge in [-0.3, -0.25) is 0 Å². The van der Waals surface area contributed by atoms with Gasteiger partial charge < -0.3 is 9.64 Å². The minimum Gasteiger partial charge on any atom is -0.380 e. The molecule has 1 aliphatic heterocycles. The molecule has 1 fully saturated rings. The molecule has 1 aromatic heterocycles. The van der Waals surface area contributed by atoms with Gasteiger partial charge in [0.1, 0.15) is 0 Å². The van der Waals surface area contributed by atoms with Gasteiger partial charge in [0, 0.05) is 25.5 Å². The Balaban J connectivity index is 2.10. The highest BCUT2D eigenvalue weighted by Gasteiger charge is 2.27. The number of nitrogens with zero attached hydrogens (tertiary/aromatic N) is 3. The summed E-state index contributed by atoms with van der Waals surface area (Å²) in [7, 11) is 0. The first-order chi connectivity index (χ1) is 7.83. The highest BCUT2D eigenvalue weighted by Crippen LogP contribution is 2.28. The normalized spacial score (nSPS) is 20.4. The van der Waals surface area contributed by atoms with Crippen molar-refractivity contribution in [1.82, 2.24) is 9.97 Å². The van der Waals surface area contributed by atoms with E-state index in [4.69, 9.17) is 16.3 Å². The zero-order valence-corrected chi connectivity index (χ0v) is 10.2. The summed E-state index contributed by atoms with van der Waals surface area (Å²) in [5, 5.41) is 0.478. The Morgan fingerprint density at radius 2 is 2.31 bits per heavy atom. The third kappa shape index (κ3) is 2.44. The van der Waals surface area contributed by atoms with E-state index in [1.165, 1.54) is 0 Å². The minimum absolute atomic E-state index is 0.383. The highest BCUT2D eigenvalue weighted by atomic mass is 35.5. The molecule has 0 unspecified atom stereocenters. The summed E-state index contributed by atoms with van der Waals surface area (Å²) in [6.45, 7) is 4.48. The van der Waals surface area contributed by atoms with Crippen LogP contribution in [0.3, 0.4) is 0 Å². The first-order valence-corrected chi connectivity index (χ1v) is 6.01. The fourth-order valence-electron chi connectivity index (χ4n) is 2.05. The Morgan fingerprint density at radius 1 is 1.50 bits per heavy atom. The Bertz CT molecular complexity index is 348. The second-order valence-corrected chi connectivity index (χ2v) is 4.18. The SMILES string of the molecule is CCOC[C@@H]1CCCN1c1nccnc1Cl. The molecule has 2 rings (SSSR count). The molecule has 2 heterocycles. The Hall–Kier alpha value is -0.870. The van der Waals surface area contributed by atoms with Crippen LogP contribution in [0.5, 0.6) is 0 Å². The lowest BCUT2D eigenvalue weighted by atomic mass is 10.2. The molecule has 0 amide bonds. The fourth-order valence-corrected chi connectivity index (χ4v) is 2.26. The van der Waals surface area contributed by atoms with E-state index >= 15 is 0 Å². The van der Waals surface area contributed by atoms with E-state index in [9.17, 15) is 0 Å². The van der Waals surface area contributed by atoms with Gasteiger partial charge in [0.2, 0.25) is 0 Å². The summed E-state index contributed by atoms with van der Waals surface area (Å²) in [4.78, 5) is 10.6. The summed E-state index contributed by atoms with van der Waals surface area (Å²) < 4.78 is 5.48. The van der Waals surface area contributed by atoms with E-state index in [-0.39, 0.29) is 0 Å². The van der Waals surface area contributed by atoms with Crippen molar-refractivity contribution in [2.24, 2.45) is 0 Å². The van der Waals surface area contributed by atoms with Gasteiger partial charge in [0.05, 0.1) is 12.6 Å². The van der Waals surface area contributed by atoms with Gasteiger partial charge in [-0.15, -0.1) is 0 Å². The lowest BCUT2D eigenvalue weighted by Crippen LogP contribution is -2.34. The van der Waals surface area contributed by atoms with Crippen molar-refractivity contribution < 1.29 is 4.74 Å². The van der Waals surface area contributed by atoms with Gasteiger partial charge in [-0.1, -0.05) is 11.6 Å². The lowest BCUT2D eigenvalue weighted by Gasteiger charge is -2.25. The number of aromatic nitrogens is 2. The van der Waals surface area contributed by atoms with Crippen LogP contribution in [0.25, 0.3) is 0 Å². The molecule has 1 aliphatic rings. The topological polar surface area (TPSA) is 38.2 Å². The molecule has 0 N–H and O–H groups in total. The van der Waals surface area contributed by atoms with Crippen LogP contribution >= 0.6 is 11.6 Å². The van der Waals surface area contributed by atoms with Crippen molar-refractivity contribution in [2.75, 3.05) is 24.7 Å². The van der Waals surface area contributed by atoms with Gasteiger partial charge in [0.15, 0.2) is 11.0 Å². The number of hydrogen-bond donors (Lipinski definition) is 0. The quantitative estimate of drug-likeness (QED) is 0.810.